The quantitative estimate of drug-likeness (QED) is 0.709. The minimum Gasteiger partial charge on any atom is -0.460 e. The molecule has 0 aromatic heterocycles. The number of hydrogen-bond acceptors (Lipinski definition) is 6. The first-order chi connectivity index (χ1) is 10.1. The highest BCUT2D eigenvalue weighted by Crippen LogP contribution is 2.07. The maximum absolute atomic E-state index is 11.8. The van der Waals surface area contributed by atoms with Crippen LogP contribution in [0.2, 0.25) is 0 Å². The highest BCUT2D eigenvalue weighted by atomic mass is 16.6. The van der Waals surface area contributed by atoms with Gasteiger partial charge in [0.1, 0.15) is 19.3 Å². The normalized spacial score (nSPS) is 17.2. The number of rotatable bonds is 6. The van der Waals surface area contributed by atoms with E-state index in [2.05, 4.69) is 0 Å². The van der Waals surface area contributed by atoms with E-state index in [1.165, 1.54) is 4.90 Å². The predicted molar refractivity (Wildman–Crippen MR) is 73.1 cm³/mol. The molecular weight excluding hydrogens is 276 g/mol. The summed E-state index contributed by atoms with van der Waals surface area (Å²) in [5.41, 5.74) is 6.47. The first-order valence-corrected chi connectivity index (χ1v) is 6.64. The predicted octanol–water partition coefficient (Wildman–Crippen LogP) is -0.130. The van der Waals surface area contributed by atoms with Crippen LogP contribution in [0, 0.1) is 0 Å². The second kappa shape index (κ2) is 7.05. The van der Waals surface area contributed by atoms with E-state index in [0.717, 1.165) is 5.56 Å². The van der Waals surface area contributed by atoms with Gasteiger partial charge in [-0.15, -0.1) is 0 Å². The molecule has 1 aliphatic rings. The van der Waals surface area contributed by atoms with Gasteiger partial charge < -0.3 is 25.2 Å². The summed E-state index contributed by atoms with van der Waals surface area (Å²) >= 11 is 0. The second-order valence-electron chi connectivity index (χ2n) is 4.75. The van der Waals surface area contributed by atoms with Crippen molar-refractivity contribution < 1.29 is 24.2 Å². The number of carbonyl (C=O) groups is 2. The van der Waals surface area contributed by atoms with Crippen molar-refractivity contribution >= 4 is 12.1 Å². The maximum Gasteiger partial charge on any atom is 0.410 e. The number of esters is 1. The molecule has 1 aromatic carbocycles. The summed E-state index contributed by atoms with van der Waals surface area (Å²) in [4.78, 5) is 24.3. The van der Waals surface area contributed by atoms with Gasteiger partial charge in [-0.3, -0.25) is 4.79 Å². The van der Waals surface area contributed by atoms with E-state index < -0.39 is 24.2 Å². The van der Waals surface area contributed by atoms with E-state index in [9.17, 15) is 14.7 Å². The molecule has 1 heterocycles. The lowest BCUT2D eigenvalue weighted by atomic mass is 10.1. The van der Waals surface area contributed by atoms with Gasteiger partial charge in [0, 0.05) is 0 Å². The Balaban J connectivity index is 1.79. The summed E-state index contributed by atoms with van der Waals surface area (Å²) < 4.78 is 9.77. The lowest BCUT2D eigenvalue weighted by Crippen LogP contribution is -2.48. The van der Waals surface area contributed by atoms with Crippen LogP contribution in [0.1, 0.15) is 5.56 Å². The third-order valence-corrected chi connectivity index (χ3v) is 3.16. The van der Waals surface area contributed by atoms with Crippen LogP contribution in [0.25, 0.3) is 0 Å². The molecule has 2 rings (SSSR count). The highest BCUT2D eigenvalue weighted by Gasteiger charge is 2.30. The number of carbonyl (C=O) groups excluding carboxylic acids is 2. The Kier molecular flexibility index (Phi) is 5.13. The summed E-state index contributed by atoms with van der Waals surface area (Å²) in [7, 11) is 0. The zero-order valence-electron chi connectivity index (χ0n) is 11.5. The third kappa shape index (κ3) is 4.17. The number of ether oxygens (including phenoxy) is 2. The molecule has 1 aromatic rings. The van der Waals surface area contributed by atoms with Gasteiger partial charge in [-0.1, -0.05) is 30.3 Å². The van der Waals surface area contributed by atoms with E-state index in [0.29, 0.717) is 6.54 Å². The zero-order chi connectivity index (χ0) is 15.2. The van der Waals surface area contributed by atoms with Crippen LogP contribution < -0.4 is 5.73 Å². The smallest absolute Gasteiger partial charge is 0.410 e. The monoisotopic (exact) mass is 294 g/mol. The molecule has 0 saturated carbocycles. The van der Waals surface area contributed by atoms with Crippen molar-refractivity contribution in [3.8, 4) is 0 Å². The molecule has 7 heteroatoms. The number of cyclic esters (lactones) is 1. The van der Waals surface area contributed by atoms with Gasteiger partial charge in [0.15, 0.2) is 0 Å². The summed E-state index contributed by atoms with van der Waals surface area (Å²) in [6, 6.07) is 7.94. The first kappa shape index (κ1) is 15.3. The SMILES string of the molecule is N[C@H](C(=O)OCc1ccccc1)[C@@H](O)CN1CCOC1=O. The van der Waals surface area contributed by atoms with E-state index >= 15 is 0 Å². The van der Waals surface area contributed by atoms with Gasteiger partial charge in [0.05, 0.1) is 19.2 Å². The van der Waals surface area contributed by atoms with E-state index in [1.54, 1.807) is 0 Å². The van der Waals surface area contributed by atoms with Crippen LogP contribution in [0.4, 0.5) is 4.79 Å². The number of aliphatic hydroxyl groups excluding tert-OH is 1. The largest absolute Gasteiger partial charge is 0.460 e. The van der Waals surface area contributed by atoms with Crippen LogP contribution in [-0.4, -0.2) is 53.9 Å². The fourth-order valence-electron chi connectivity index (χ4n) is 1.91. The number of β-amino-alcohol motifs (C(OH)–C–C–N with tert-alkyl or cyclic N) is 1. The average molecular weight is 294 g/mol. The van der Waals surface area contributed by atoms with E-state index in [-0.39, 0.29) is 19.8 Å². The number of hydrogen-bond donors (Lipinski definition) is 2. The first-order valence-electron chi connectivity index (χ1n) is 6.64. The summed E-state index contributed by atoms with van der Waals surface area (Å²) in [6.07, 6.45) is -1.71. The van der Waals surface area contributed by atoms with Crippen LogP contribution in [-0.2, 0) is 20.9 Å². The van der Waals surface area contributed by atoms with Crippen LogP contribution >= 0.6 is 0 Å². The molecule has 1 amide bonds. The molecule has 2 atom stereocenters. The summed E-state index contributed by atoms with van der Waals surface area (Å²) in [5.74, 6) is -0.709. The van der Waals surface area contributed by atoms with Crippen molar-refractivity contribution in [3.63, 3.8) is 0 Å². The minimum atomic E-state index is -1.21. The Morgan fingerprint density at radius 2 is 2.14 bits per heavy atom. The molecule has 1 aliphatic heterocycles. The number of nitrogens with two attached hydrogens (primary N) is 1. The summed E-state index contributed by atoms with van der Waals surface area (Å²) in [6.45, 7) is 0.688. The Morgan fingerprint density at radius 3 is 2.76 bits per heavy atom. The average Bonchev–Trinajstić information content (AvgIpc) is 2.90. The molecule has 21 heavy (non-hydrogen) atoms. The van der Waals surface area contributed by atoms with Crippen molar-refractivity contribution in [1.29, 1.82) is 0 Å². The Labute approximate surface area is 122 Å². The van der Waals surface area contributed by atoms with Crippen LogP contribution in [0.5, 0.6) is 0 Å². The molecule has 0 spiro atoms. The van der Waals surface area contributed by atoms with E-state index in [1.807, 2.05) is 30.3 Å². The molecule has 0 bridgehead atoms. The topological polar surface area (TPSA) is 102 Å². The Hall–Kier alpha value is -2.12. The van der Waals surface area contributed by atoms with Crippen molar-refractivity contribution in [2.75, 3.05) is 19.7 Å². The van der Waals surface area contributed by atoms with Crippen molar-refractivity contribution in [1.82, 2.24) is 4.90 Å². The van der Waals surface area contributed by atoms with Crippen molar-refractivity contribution in [2.24, 2.45) is 5.73 Å². The molecule has 7 nitrogen and oxygen atoms in total. The zero-order valence-corrected chi connectivity index (χ0v) is 11.5. The van der Waals surface area contributed by atoms with Gasteiger partial charge >= 0.3 is 12.1 Å². The standard InChI is InChI=1S/C14H18N2O5/c15-12(11(17)8-16-6-7-20-14(16)19)13(18)21-9-10-4-2-1-3-5-10/h1-5,11-12,17H,6-9,15H2/t11-,12-/m0/s1. The van der Waals surface area contributed by atoms with Gasteiger partial charge in [-0.25, -0.2) is 4.79 Å². The fourth-order valence-corrected chi connectivity index (χ4v) is 1.91. The molecule has 0 radical (unpaired) electrons. The lowest BCUT2D eigenvalue weighted by Gasteiger charge is -2.21. The molecule has 1 saturated heterocycles. The third-order valence-electron chi connectivity index (χ3n) is 3.16. The van der Waals surface area contributed by atoms with Crippen LogP contribution in [0.15, 0.2) is 30.3 Å². The second-order valence-corrected chi connectivity index (χ2v) is 4.75. The molecule has 0 unspecified atom stereocenters. The molecule has 114 valence electrons. The molecule has 0 aliphatic carbocycles. The number of nitrogens with zero attached hydrogens (tertiary/aromatic N) is 1. The molecular formula is C14H18N2O5. The van der Waals surface area contributed by atoms with Gasteiger partial charge in [-0.2, -0.15) is 0 Å². The molecule has 1 fully saturated rings. The highest BCUT2D eigenvalue weighted by molar-refractivity contribution is 5.76. The van der Waals surface area contributed by atoms with Crippen molar-refractivity contribution in [2.45, 2.75) is 18.8 Å². The number of benzene rings is 1. The fraction of sp³-hybridized carbons (Fsp3) is 0.429. The number of amides is 1. The van der Waals surface area contributed by atoms with Crippen LogP contribution in [0.3, 0.4) is 0 Å². The lowest BCUT2D eigenvalue weighted by molar-refractivity contribution is -0.149. The Bertz CT molecular complexity index is 493. The van der Waals surface area contributed by atoms with E-state index in [4.69, 9.17) is 15.2 Å². The Morgan fingerprint density at radius 1 is 1.43 bits per heavy atom. The minimum absolute atomic E-state index is 0.0551. The van der Waals surface area contributed by atoms with Crippen molar-refractivity contribution in [3.05, 3.63) is 35.9 Å². The number of aliphatic hydroxyl groups is 1. The summed E-state index contributed by atoms with van der Waals surface area (Å²) in [5, 5.41) is 9.89. The van der Waals surface area contributed by atoms with Gasteiger partial charge in [-0.05, 0) is 5.56 Å². The maximum atomic E-state index is 11.8. The molecule has 3 N–H and O–H groups in total. The van der Waals surface area contributed by atoms with Gasteiger partial charge in [0.25, 0.3) is 0 Å². The van der Waals surface area contributed by atoms with Gasteiger partial charge in [0.2, 0.25) is 0 Å².